The van der Waals surface area contributed by atoms with E-state index in [1.165, 1.54) is 6.42 Å². The number of ether oxygens (including phenoxy) is 1. The third-order valence-corrected chi connectivity index (χ3v) is 3.66. The summed E-state index contributed by atoms with van der Waals surface area (Å²) in [5.74, 6) is 0.886. The molecule has 2 aliphatic rings. The monoisotopic (exact) mass is 226 g/mol. The first-order valence-electron chi connectivity index (χ1n) is 6.37. The number of amides is 1. The van der Waals surface area contributed by atoms with Gasteiger partial charge < -0.3 is 15.4 Å². The molecule has 2 fully saturated rings. The average Bonchev–Trinajstić information content (AvgIpc) is 2.88. The number of hydrogen-bond acceptors (Lipinski definition) is 3. The zero-order valence-electron chi connectivity index (χ0n) is 10.00. The van der Waals surface area contributed by atoms with E-state index in [2.05, 4.69) is 10.6 Å². The Bertz CT molecular complexity index is 239. The fourth-order valence-electron chi connectivity index (χ4n) is 2.50. The summed E-state index contributed by atoms with van der Waals surface area (Å²) in [4.78, 5) is 11.7. The molecule has 0 saturated carbocycles. The van der Waals surface area contributed by atoms with Crippen LogP contribution < -0.4 is 10.6 Å². The molecule has 2 rings (SSSR count). The van der Waals surface area contributed by atoms with Crippen molar-refractivity contribution < 1.29 is 9.53 Å². The Hall–Kier alpha value is -0.610. The van der Waals surface area contributed by atoms with Gasteiger partial charge in [-0.05, 0) is 45.2 Å². The van der Waals surface area contributed by atoms with Crippen LogP contribution in [0.1, 0.15) is 32.6 Å². The van der Waals surface area contributed by atoms with Crippen LogP contribution in [0.5, 0.6) is 0 Å². The highest BCUT2D eigenvalue weighted by Gasteiger charge is 2.25. The predicted octanol–water partition coefficient (Wildman–Crippen LogP) is 0.670. The van der Waals surface area contributed by atoms with Gasteiger partial charge in [0.1, 0.15) is 0 Å². The molecule has 2 aliphatic heterocycles. The van der Waals surface area contributed by atoms with Crippen molar-refractivity contribution in [1.82, 2.24) is 10.6 Å². The molecule has 0 bridgehead atoms. The first-order chi connectivity index (χ1) is 7.75. The minimum atomic E-state index is 0.178. The van der Waals surface area contributed by atoms with Crippen LogP contribution >= 0.6 is 0 Å². The number of hydrogen-bond donors (Lipinski definition) is 2. The summed E-state index contributed by atoms with van der Waals surface area (Å²) in [6, 6.07) is 0.231. The Labute approximate surface area is 97.1 Å². The largest absolute Gasteiger partial charge is 0.376 e. The van der Waals surface area contributed by atoms with Gasteiger partial charge in [-0.3, -0.25) is 4.79 Å². The van der Waals surface area contributed by atoms with E-state index in [-0.39, 0.29) is 18.1 Å². The van der Waals surface area contributed by atoms with Crippen LogP contribution in [0.3, 0.4) is 0 Å². The zero-order chi connectivity index (χ0) is 11.4. The van der Waals surface area contributed by atoms with Crippen molar-refractivity contribution in [3.05, 3.63) is 0 Å². The maximum absolute atomic E-state index is 11.7. The van der Waals surface area contributed by atoms with Gasteiger partial charge >= 0.3 is 0 Å². The highest BCUT2D eigenvalue weighted by atomic mass is 16.5. The Morgan fingerprint density at radius 2 is 2.38 bits per heavy atom. The summed E-state index contributed by atoms with van der Waals surface area (Å²) in [6.07, 6.45) is 4.03. The normalized spacial score (nSPS) is 34.2. The van der Waals surface area contributed by atoms with E-state index < -0.39 is 0 Å². The summed E-state index contributed by atoms with van der Waals surface area (Å²) in [6.45, 7) is 4.99. The first-order valence-corrected chi connectivity index (χ1v) is 6.37. The lowest BCUT2D eigenvalue weighted by Gasteiger charge is -2.16. The van der Waals surface area contributed by atoms with Crippen LogP contribution in [-0.4, -0.2) is 37.7 Å². The molecule has 3 atom stereocenters. The standard InChI is InChI=1S/C12H22N2O2/c1-9-11(5-7-16-9)14-12(15)3-2-10-4-6-13-8-10/h9-11,13H,2-8H2,1H3,(H,14,15). The molecule has 4 nitrogen and oxygen atoms in total. The summed E-state index contributed by atoms with van der Waals surface area (Å²) < 4.78 is 5.42. The molecule has 2 heterocycles. The minimum Gasteiger partial charge on any atom is -0.376 e. The number of rotatable bonds is 4. The van der Waals surface area contributed by atoms with E-state index in [0.29, 0.717) is 12.3 Å². The third kappa shape index (κ3) is 3.19. The van der Waals surface area contributed by atoms with E-state index >= 15 is 0 Å². The number of carbonyl (C=O) groups is 1. The maximum atomic E-state index is 11.7. The van der Waals surface area contributed by atoms with Crippen molar-refractivity contribution >= 4 is 5.91 Å². The fraction of sp³-hybridized carbons (Fsp3) is 0.917. The second-order valence-corrected chi connectivity index (χ2v) is 4.94. The Morgan fingerprint density at radius 3 is 3.00 bits per heavy atom. The van der Waals surface area contributed by atoms with Crippen LogP contribution in [-0.2, 0) is 9.53 Å². The van der Waals surface area contributed by atoms with Crippen molar-refractivity contribution in [2.24, 2.45) is 5.92 Å². The van der Waals surface area contributed by atoms with Crippen LogP contribution in [0.4, 0.5) is 0 Å². The Kier molecular flexibility index (Phi) is 4.18. The molecule has 0 aromatic carbocycles. The van der Waals surface area contributed by atoms with E-state index in [0.717, 1.165) is 32.5 Å². The van der Waals surface area contributed by atoms with Gasteiger partial charge in [-0.1, -0.05) is 0 Å². The van der Waals surface area contributed by atoms with Gasteiger partial charge in [-0.15, -0.1) is 0 Å². The maximum Gasteiger partial charge on any atom is 0.220 e. The molecule has 0 aromatic rings. The Morgan fingerprint density at radius 1 is 1.50 bits per heavy atom. The molecule has 4 heteroatoms. The summed E-state index contributed by atoms with van der Waals surface area (Å²) in [5.41, 5.74) is 0. The first kappa shape index (κ1) is 11.9. The van der Waals surface area contributed by atoms with Crippen molar-refractivity contribution in [3.63, 3.8) is 0 Å². The van der Waals surface area contributed by atoms with Crippen molar-refractivity contribution in [2.45, 2.75) is 44.8 Å². The molecule has 2 N–H and O–H groups in total. The lowest BCUT2D eigenvalue weighted by atomic mass is 10.0. The van der Waals surface area contributed by atoms with Crippen LogP contribution in [0.25, 0.3) is 0 Å². The summed E-state index contributed by atoms with van der Waals surface area (Å²) >= 11 is 0. The number of nitrogens with one attached hydrogen (secondary N) is 2. The van der Waals surface area contributed by atoms with E-state index in [4.69, 9.17) is 4.74 Å². The van der Waals surface area contributed by atoms with Gasteiger partial charge in [-0.2, -0.15) is 0 Å². The van der Waals surface area contributed by atoms with Crippen LogP contribution in [0, 0.1) is 5.92 Å². The minimum absolute atomic E-state index is 0.178. The molecular weight excluding hydrogens is 204 g/mol. The van der Waals surface area contributed by atoms with Gasteiger partial charge in [0.25, 0.3) is 0 Å². The molecular formula is C12H22N2O2. The summed E-state index contributed by atoms with van der Waals surface area (Å²) in [7, 11) is 0. The van der Waals surface area contributed by atoms with Gasteiger partial charge in [0.15, 0.2) is 0 Å². The topological polar surface area (TPSA) is 50.4 Å². The second kappa shape index (κ2) is 5.64. The highest BCUT2D eigenvalue weighted by molar-refractivity contribution is 5.76. The molecule has 3 unspecified atom stereocenters. The van der Waals surface area contributed by atoms with Gasteiger partial charge in [0.2, 0.25) is 5.91 Å². The molecule has 0 radical (unpaired) electrons. The summed E-state index contributed by atoms with van der Waals surface area (Å²) in [5, 5.41) is 6.39. The van der Waals surface area contributed by atoms with Gasteiger partial charge in [0.05, 0.1) is 12.1 Å². The number of carbonyl (C=O) groups excluding carboxylic acids is 1. The lowest BCUT2D eigenvalue weighted by molar-refractivity contribution is -0.122. The van der Waals surface area contributed by atoms with Crippen LogP contribution in [0.15, 0.2) is 0 Å². The van der Waals surface area contributed by atoms with Crippen molar-refractivity contribution in [2.75, 3.05) is 19.7 Å². The fourth-order valence-corrected chi connectivity index (χ4v) is 2.50. The molecule has 0 spiro atoms. The van der Waals surface area contributed by atoms with Crippen molar-refractivity contribution in [3.8, 4) is 0 Å². The smallest absolute Gasteiger partial charge is 0.220 e. The molecule has 2 saturated heterocycles. The third-order valence-electron chi connectivity index (χ3n) is 3.66. The van der Waals surface area contributed by atoms with Gasteiger partial charge in [0, 0.05) is 13.0 Å². The van der Waals surface area contributed by atoms with Crippen LogP contribution in [0.2, 0.25) is 0 Å². The predicted molar refractivity (Wildman–Crippen MR) is 62.2 cm³/mol. The lowest BCUT2D eigenvalue weighted by Crippen LogP contribution is -2.39. The molecule has 1 amide bonds. The quantitative estimate of drug-likeness (QED) is 0.741. The molecule has 92 valence electrons. The van der Waals surface area contributed by atoms with Crippen molar-refractivity contribution in [1.29, 1.82) is 0 Å². The molecule has 0 aromatic heterocycles. The van der Waals surface area contributed by atoms with E-state index in [1.54, 1.807) is 0 Å². The Balaban J connectivity index is 1.63. The van der Waals surface area contributed by atoms with Gasteiger partial charge in [-0.25, -0.2) is 0 Å². The molecule has 0 aliphatic carbocycles. The highest BCUT2D eigenvalue weighted by Crippen LogP contribution is 2.16. The average molecular weight is 226 g/mol. The molecule has 16 heavy (non-hydrogen) atoms. The second-order valence-electron chi connectivity index (χ2n) is 4.94. The van der Waals surface area contributed by atoms with E-state index in [1.807, 2.05) is 6.92 Å². The van der Waals surface area contributed by atoms with E-state index in [9.17, 15) is 4.79 Å². The zero-order valence-corrected chi connectivity index (χ0v) is 10.00. The SMILES string of the molecule is CC1OCCC1NC(=O)CCC1CCNC1.